The van der Waals surface area contributed by atoms with E-state index in [0.717, 1.165) is 16.7 Å². The summed E-state index contributed by atoms with van der Waals surface area (Å²) >= 11 is 0. The maximum absolute atomic E-state index is 9.54. The molecule has 21 heavy (non-hydrogen) atoms. The molecule has 0 saturated carbocycles. The van der Waals surface area contributed by atoms with Gasteiger partial charge in [0.1, 0.15) is 11.5 Å². The first-order valence-electron chi connectivity index (χ1n) is 6.47. The monoisotopic (exact) mass is 286 g/mol. The number of allylic oxidation sites excluding steroid dienone is 1. The Balaban J connectivity index is 2.38. The molecule has 0 aliphatic carbocycles. The van der Waals surface area contributed by atoms with Gasteiger partial charge >= 0.3 is 0 Å². The number of hydrogen-bond acceptors (Lipinski definition) is 4. The first kappa shape index (κ1) is 14.8. The number of methoxy groups -OCH3 is 2. The van der Waals surface area contributed by atoms with Gasteiger partial charge in [-0.3, -0.25) is 0 Å². The number of rotatable bonds is 4. The molecule has 2 N–H and O–H groups in total. The predicted molar refractivity (Wildman–Crippen MR) is 82.9 cm³/mol. The third kappa shape index (κ3) is 3.48. The Hall–Kier alpha value is -2.62. The van der Waals surface area contributed by atoms with Crippen molar-refractivity contribution >= 4 is 11.6 Å². The van der Waals surface area contributed by atoms with Crippen LogP contribution in [0.2, 0.25) is 0 Å². The highest BCUT2D eigenvalue weighted by atomic mass is 16.5. The largest absolute Gasteiger partial charge is 0.508 e. The lowest BCUT2D eigenvalue weighted by molar-refractivity contribution is 0.355. The molecule has 0 heterocycles. The molecule has 0 aliphatic heterocycles. The quantitative estimate of drug-likeness (QED) is 0.842. The summed E-state index contributed by atoms with van der Waals surface area (Å²) < 4.78 is 10.5. The summed E-state index contributed by atoms with van der Waals surface area (Å²) in [5, 5.41) is 19.1. The van der Waals surface area contributed by atoms with Gasteiger partial charge in [-0.15, -0.1) is 0 Å². The van der Waals surface area contributed by atoms with Crippen molar-refractivity contribution in [1.29, 1.82) is 0 Å². The third-order valence-electron chi connectivity index (χ3n) is 3.15. The third-order valence-corrected chi connectivity index (χ3v) is 3.15. The summed E-state index contributed by atoms with van der Waals surface area (Å²) in [6.07, 6.45) is 1.94. The van der Waals surface area contributed by atoms with E-state index in [1.807, 2.05) is 31.2 Å². The molecule has 2 aromatic rings. The van der Waals surface area contributed by atoms with Gasteiger partial charge in [-0.25, -0.2) is 0 Å². The second kappa shape index (κ2) is 6.22. The van der Waals surface area contributed by atoms with Gasteiger partial charge in [0.25, 0.3) is 0 Å². The molecule has 0 fully saturated rings. The molecule has 0 atom stereocenters. The van der Waals surface area contributed by atoms with Crippen LogP contribution in [0, 0.1) is 0 Å². The van der Waals surface area contributed by atoms with Gasteiger partial charge in [-0.05, 0) is 47.9 Å². The van der Waals surface area contributed by atoms with Crippen LogP contribution in [0.15, 0.2) is 36.4 Å². The molecule has 110 valence electrons. The van der Waals surface area contributed by atoms with Gasteiger partial charge in [0.2, 0.25) is 0 Å². The minimum Gasteiger partial charge on any atom is -0.508 e. The number of ether oxygens (including phenoxy) is 2. The van der Waals surface area contributed by atoms with Crippen LogP contribution in [0.3, 0.4) is 0 Å². The zero-order valence-corrected chi connectivity index (χ0v) is 12.3. The Morgan fingerprint density at radius 1 is 0.905 bits per heavy atom. The van der Waals surface area contributed by atoms with E-state index in [1.165, 1.54) is 6.07 Å². The van der Waals surface area contributed by atoms with Gasteiger partial charge < -0.3 is 19.7 Å². The lowest BCUT2D eigenvalue weighted by atomic mass is 10.0. The number of hydrogen-bond donors (Lipinski definition) is 2. The Kier molecular flexibility index (Phi) is 4.38. The first-order valence-corrected chi connectivity index (χ1v) is 6.47. The predicted octanol–water partition coefficient (Wildman–Crippen LogP) is 3.68. The fraction of sp³-hybridized carbons (Fsp3) is 0.176. The van der Waals surface area contributed by atoms with Gasteiger partial charge in [0, 0.05) is 6.07 Å². The first-order chi connectivity index (χ1) is 10.0. The topological polar surface area (TPSA) is 58.9 Å². The van der Waals surface area contributed by atoms with Gasteiger partial charge in [0.15, 0.2) is 11.5 Å². The Morgan fingerprint density at radius 2 is 1.52 bits per heavy atom. The van der Waals surface area contributed by atoms with E-state index in [0.29, 0.717) is 11.5 Å². The highest BCUT2D eigenvalue weighted by Gasteiger charge is 2.05. The van der Waals surface area contributed by atoms with Crippen LogP contribution in [0.5, 0.6) is 23.0 Å². The molecular formula is C17H18O4. The van der Waals surface area contributed by atoms with Crippen molar-refractivity contribution in [3.8, 4) is 23.0 Å². The van der Waals surface area contributed by atoms with Crippen molar-refractivity contribution in [3.05, 3.63) is 47.5 Å². The molecule has 0 radical (unpaired) electrons. The van der Waals surface area contributed by atoms with E-state index < -0.39 is 0 Å². The molecule has 0 aliphatic rings. The van der Waals surface area contributed by atoms with Crippen molar-refractivity contribution in [2.24, 2.45) is 0 Å². The van der Waals surface area contributed by atoms with Gasteiger partial charge in [-0.1, -0.05) is 12.1 Å². The van der Waals surface area contributed by atoms with E-state index in [1.54, 1.807) is 26.4 Å². The molecular weight excluding hydrogens is 268 g/mol. The minimum atomic E-state index is 0.0325. The molecule has 0 amide bonds. The average molecular weight is 286 g/mol. The van der Waals surface area contributed by atoms with Crippen LogP contribution in [-0.4, -0.2) is 24.4 Å². The van der Waals surface area contributed by atoms with Crippen molar-refractivity contribution < 1.29 is 19.7 Å². The zero-order valence-electron chi connectivity index (χ0n) is 12.3. The van der Waals surface area contributed by atoms with Crippen LogP contribution < -0.4 is 9.47 Å². The molecule has 4 heteroatoms. The highest BCUT2D eigenvalue weighted by molar-refractivity contribution is 5.81. The summed E-state index contributed by atoms with van der Waals surface area (Å²) in [6, 6.07) is 10.1. The molecule has 0 aromatic heterocycles. The van der Waals surface area contributed by atoms with Crippen LogP contribution in [0.1, 0.15) is 18.1 Å². The minimum absolute atomic E-state index is 0.0325. The van der Waals surface area contributed by atoms with E-state index >= 15 is 0 Å². The number of aromatic hydroxyl groups is 2. The fourth-order valence-corrected chi connectivity index (χ4v) is 2.10. The second-order valence-corrected chi connectivity index (χ2v) is 4.68. The molecule has 4 nitrogen and oxygen atoms in total. The van der Waals surface area contributed by atoms with Crippen LogP contribution in [0.25, 0.3) is 11.6 Å². The molecule has 0 bridgehead atoms. The molecule has 0 unspecified atom stereocenters. The van der Waals surface area contributed by atoms with Crippen molar-refractivity contribution in [2.45, 2.75) is 6.92 Å². The number of phenolic OH excluding ortho intramolecular Hbond substituents is 2. The molecule has 0 spiro atoms. The number of benzene rings is 2. The van der Waals surface area contributed by atoms with E-state index in [-0.39, 0.29) is 11.5 Å². The van der Waals surface area contributed by atoms with Crippen LogP contribution in [0.4, 0.5) is 0 Å². The standard InChI is InChI=1S/C17H18O4/c1-11(13-8-14(18)10-15(19)9-13)6-12-4-5-16(20-2)17(7-12)21-3/h4-10,18-19H,1-3H3/b11-6+. The average Bonchev–Trinajstić information content (AvgIpc) is 2.46. The lowest BCUT2D eigenvalue weighted by Gasteiger charge is -2.09. The molecule has 0 saturated heterocycles. The smallest absolute Gasteiger partial charge is 0.161 e. The van der Waals surface area contributed by atoms with Gasteiger partial charge in [0.05, 0.1) is 14.2 Å². The Morgan fingerprint density at radius 3 is 2.10 bits per heavy atom. The second-order valence-electron chi connectivity index (χ2n) is 4.68. The summed E-state index contributed by atoms with van der Waals surface area (Å²) in [5.74, 6) is 1.38. The SMILES string of the molecule is COc1ccc(/C=C(\C)c2cc(O)cc(O)c2)cc1OC. The maximum atomic E-state index is 9.54. The summed E-state index contributed by atoms with van der Waals surface area (Å²) in [6.45, 7) is 1.91. The van der Waals surface area contributed by atoms with E-state index in [2.05, 4.69) is 0 Å². The summed E-state index contributed by atoms with van der Waals surface area (Å²) in [4.78, 5) is 0. The van der Waals surface area contributed by atoms with Crippen LogP contribution >= 0.6 is 0 Å². The summed E-state index contributed by atoms with van der Waals surface area (Å²) in [5.41, 5.74) is 2.60. The van der Waals surface area contributed by atoms with Crippen molar-refractivity contribution in [3.63, 3.8) is 0 Å². The van der Waals surface area contributed by atoms with Gasteiger partial charge in [-0.2, -0.15) is 0 Å². The maximum Gasteiger partial charge on any atom is 0.161 e. The van der Waals surface area contributed by atoms with E-state index in [9.17, 15) is 10.2 Å². The highest BCUT2D eigenvalue weighted by Crippen LogP contribution is 2.30. The number of phenols is 2. The Labute approximate surface area is 123 Å². The zero-order chi connectivity index (χ0) is 15.4. The van der Waals surface area contributed by atoms with Crippen LogP contribution in [-0.2, 0) is 0 Å². The lowest BCUT2D eigenvalue weighted by Crippen LogP contribution is -1.90. The molecule has 2 aromatic carbocycles. The Bertz CT molecular complexity index is 654. The van der Waals surface area contributed by atoms with Crippen molar-refractivity contribution in [2.75, 3.05) is 14.2 Å². The van der Waals surface area contributed by atoms with Crippen molar-refractivity contribution in [1.82, 2.24) is 0 Å². The summed E-state index contributed by atoms with van der Waals surface area (Å²) in [7, 11) is 3.18. The van der Waals surface area contributed by atoms with E-state index in [4.69, 9.17) is 9.47 Å². The fourth-order valence-electron chi connectivity index (χ4n) is 2.10. The normalized spacial score (nSPS) is 11.3. The molecule has 2 rings (SSSR count).